The van der Waals surface area contributed by atoms with Crippen LogP contribution in [0.4, 0.5) is 0 Å². The molecular formula is C30H33ClN6O2. The van der Waals surface area contributed by atoms with Gasteiger partial charge in [-0.05, 0) is 54.2 Å². The van der Waals surface area contributed by atoms with Crippen LogP contribution in [0.2, 0.25) is 0 Å². The summed E-state index contributed by atoms with van der Waals surface area (Å²) in [4.78, 5) is 15.7. The minimum atomic E-state index is -0.388. The highest BCUT2D eigenvalue weighted by molar-refractivity contribution is 6.17. The Morgan fingerprint density at radius 3 is 1.69 bits per heavy atom. The van der Waals surface area contributed by atoms with Crippen LogP contribution >= 0.6 is 11.6 Å². The molecule has 0 unspecified atom stereocenters. The van der Waals surface area contributed by atoms with Gasteiger partial charge in [0, 0.05) is 31.0 Å². The molecule has 0 amide bonds. The van der Waals surface area contributed by atoms with Gasteiger partial charge in [0.25, 0.3) is 0 Å². The lowest BCUT2D eigenvalue weighted by Gasteiger charge is -2.05. The van der Waals surface area contributed by atoms with Crippen molar-refractivity contribution in [3.05, 3.63) is 125 Å². The van der Waals surface area contributed by atoms with E-state index in [2.05, 4.69) is 63.7 Å². The highest BCUT2D eigenvalue weighted by Crippen LogP contribution is 2.10. The number of aromatic nitrogens is 6. The van der Waals surface area contributed by atoms with E-state index in [9.17, 15) is 4.79 Å². The van der Waals surface area contributed by atoms with Crippen molar-refractivity contribution in [2.45, 2.75) is 46.3 Å². The van der Waals surface area contributed by atoms with E-state index in [0.29, 0.717) is 24.7 Å². The molecule has 3 aromatic heterocycles. The molecule has 9 heteroatoms. The highest BCUT2D eigenvalue weighted by Gasteiger charge is 2.10. The zero-order valence-corrected chi connectivity index (χ0v) is 23.3. The number of benzene rings is 2. The van der Waals surface area contributed by atoms with Gasteiger partial charge < -0.3 is 9.30 Å². The molecule has 8 nitrogen and oxygen atoms in total. The van der Waals surface area contributed by atoms with Gasteiger partial charge in [-0.1, -0.05) is 48.5 Å². The second-order valence-corrected chi connectivity index (χ2v) is 9.62. The van der Waals surface area contributed by atoms with Crippen molar-refractivity contribution in [1.29, 1.82) is 0 Å². The molecule has 0 fully saturated rings. The standard InChI is InChI=1S/C18H20N4O2.C12H13ClN2/c1-3-24-18(23)17-12-21(13-19-17)10-15-4-6-16(7-5-15)11-22-9-14(2)8-20-22;1-10-7-14-15(8-10)9-12-4-2-11(6-13)3-5-12/h4-9,12-13H,3,10-11H2,1-2H3;2-5,7-8H,6,9H2,1H3. The predicted octanol–water partition coefficient (Wildman–Crippen LogP) is 5.64. The van der Waals surface area contributed by atoms with Crippen molar-refractivity contribution in [1.82, 2.24) is 29.1 Å². The number of alkyl halides is 1. The number of ether oxygens (including phenoxy) is 1. The summed E-state index contributed by atoms with van der Waals surface area (Å²) in [6, 6.07) is 16.6. The molecule has 0 atom stereocenters. The minimum absolute atomic E-state index is 0.336. The number of aryl methyl sites for hydroxylation is 2. The lowest BCUT2D eigenvalue weighted by molar-refractivity contribution is 0.0520. The molecule has 0 radical (unpaired) electrons. The number of imidazole rings is 1. The first-order valence-corrected chi connectivity index (χ1v) is 13.3. The lowest BCUT2D eigenvalue weighted by atomic mass is 10.1. The zero-order valence-electron chi connectivity index (χ0n) is 22.5. The van der Waals surface area contributed by atoms with E-state index in [-0.39, 0.29) is 5.97 Å². The number of nitrogens with zero attached hydrogens (tertiary/aromatic N) is 6. The number of rotatable bonds is 9. The fourth-order valence-electron chi connectivity index (χ4n) is 3.93. The van der Waals surface area contributed by atoms with Crippen LogP contribution in [-0.2, 0) is 30.3 Å². The van der Waals surface area contributed by atoms with E-state index in [1.807, 2.05) is 52.6 Å². The quantitative estimate of drug-likeness (QED) is 0.177. The number of hydrogen-bond acceptors (Lipinski definition) is 5. The number of carbonyl (C=O) groups is 1. The van der Waals surface area contributed by atoms with Gasteiger partial charge in [-0.2, -0.15) is 10.2 Å². The smallest absolute Gasteiger partial charge is 0.358 e. The van der Waals surface area contributed by atoms with Gasteiger partial charge in [0.05, 0.1) is 38.4 Å². The fourth-order valence-corrected chi connectivity index (χ4v) is 4.11. The average molecular weight is 545 g/mol. The fraction of sp³-hybridized carbons (Fsp3) is 0.267. The summed E-state index contributed by atoms with van der Waals surface area (Å²) in [5.74, 6) is 0.183. The summed E-state index contributed by atoms with van der Waals surface area (Å²) in [5, 5.41) is 8.54. The maximum absolute atomic E-state index is 11.6. The third-order valence-corrected chi connectivity index (χ3v) is 6.21. The first kappa shape index (κ1) is 27.9. The molecule has 2 aromatic carbocycles. The monoisotopic (exact) mass is 544 g/mol. The van der Waals surface area contributed by atoms with E-state index in [4.69, 9.17) is 16.3 Å². The molecule has 0 aliphatic heterocycles. The van der Waals surface area contributed by atoms with Crippen LogP contribution in [0.15, 0.2) is 85.8 Å². The summed E-state index contributed by atoms with van der Waals surface area (Å²) in [6.07, 6.45) is 11.1. The van der Waals surface area contributed by atoms with Crippen LogP contribution < -0.4 is 0 Å². The molecule has 0 bridgehead atoms. The van der Waals surface area contributed by atoms with Crippen LogP contribution in [0.1, 0.15) is 50.8 Å². The highest BCUT2D eigenvalue weighted by atomic mass is 35.5. The molecule has 39 heavy (non-hydrogen) atoms. The van der Waals surface area contributed by atoms with Crippen LogP contribution in [-0.4, -0.2) is 41.7 Å². The van der Waals surface area contributed by atoms with Gasteiger partial charge in [0.1, 0.15) is 0 Å². The Hall–Kier alpha value is -4.17. The summed E-state index contributed by atoms with van der Waals surface area (Å²) >= 11 is 5.73. The van der Waals surface area contributed by atoms with Crippen LogP contribution in [0.5, 0.6) is 0 Å². The second-order valence-electron chi connectivity index (χ2n) is 9.35. The van der Waals surface area contributed by atoms with Gasteiger partial charge in [-0.3, -0.25) is 9.36 Å². The molecule has 3 heterocycles. The molecule has 0 saturated heterocycles. The third-order valence-electron chi connectivity index (χ3n) is 5.90. The van der Waals surface area contributed by atoms with Crippen molar-refractivity contribution < 1.29 is 9.53 Å². The number of halogens is 1. The van der Waals surface area contributed by atoms with Gasteiger partial charge in [-0.15, -0.1) is 11.6 Å². The molecule has 0 aliphatic rings. The van der Waals surface area contributed by atoms with Crippen molar-refractivity contribution in [3.63, 3.8) is 0 Å². The Kier molecular flexibility index (Phi) is 9.69. The Balaban J connectivity index is 0.000000202. The number of carbonyl (C=O) groups excluding carboxylic acids is 1. The lowest BCUT2D eigenvalue weighted by Crippen LogP contribution is -2.05. The second kappa shape index (κ2) is 13.6. The van der Waals surface area contributed by atoms with Crippen LogP contribution in [0.3, 0.4) is 0 Å². The Labute approximate surface area is 233 Å². The summed E-state index contributed by atoms with van der Waals surface area (Å²) in [7, 11) is 0. The molecular weight excluding hydrogens is 512 g/mol. The first-order chi connectivity index (χ1) is 18.9. The van der Waals surface area contributed by atoms with E-state index in [0.717, 1.165) is 29.8 Å². The Morgan fingerprint density at radius 1 is 0.769 bits per heavy atom. The third kappa shape index (κ3) is 8.41. The molecule has 0 aliphatic carbocycles. The Bertz CT molecular complexity index is 1470. The molecule has 0 N–H and O–H groups in total. The van der Waals surface area contributed by atoms with E-state index < -0.39 is 0 Å². The number of esters is 1. The van der Waals surface area contributed by atoms with E-state index >= 15 is 0 Å². The summed E-state index contributed by atoms with van der Waals surface area (Å²) in [6.45, 7) is 8.43. The van der Waals surface area contributed by atoms with Gasteiger partial charge in [-0.25, -0.2) is 9.78 Å². The van der Waals surface area contributed by atoms with E-state index in [1.165, 1.54) is 16.7 Å². The minimum Gasteiger partial charge on any atom is -0.461 e. The van der Waals surface area contributed by atoms with Gasteiger partial charge >= 0.3 is 5.97 Å². The first-order valence-electron chi connectivity index (χ1n) is 12.8. The molecule has 5 aromatic rings. The van der Waals surface area contributed by atoms with Crippen molar-refractivity contribution in [3.8, 4) is 0 Å². The maximum atomic E-state index is 11.6. The van der Waals surface area contributed by atoms with E-state index in [1.54, 1.807) is 19.4 Å². The van der Waals surface area contributed by atoms with Crippen molar-refractivity contribution >= 4 is 17.6 Å². The maximum Gasteiger partial charge on any atom is 0.358 e. The SMILES string of the molecule is CCOC(=O)c1cn(Cc2ccc(Cn3cc(C)cn3)cc2)cn1.Cc1cnn(Cc2ccc(CCl)cc2)c1. The topological polar surface area (TPSA) is 79.8 Å². The summed E-state index contributed by atoms with van der Waals surface area (Å²) in [5.41, 5.74) is 7.41. The zero-order chi connectivity index (χ0) is 27.6. The molecule has 0 spiro atoms. The number of hydrogen-bond donors (Lipinski definition) is 0. The predicted molar refractivity (Wildman–Crippen MR) is 152 cm³/mol. The van der Waals surface area contributed by atoms with Gasteiger partial charge in [0.15, 0.2) is 5.69 Å². The van der Waals surface area contributed by atoms with Crippen molar-refractivity contribution in [2.24, 2.45) is 0 Å². The molecule has 0 saturated carbocycles. The summed E-state index contributed by atoms with van der Waals surface area (Å²) < 4.78 is 10.7. The largest absolute Gasteiger partial charge is 0.461 e. The Morgan fingerprint density at radius 2 is 1.26 bits per heavy atom. The average Bonchev–Trinajstić information content (AvgIpc) is 3.68. The van der Waals surface area contributed by atoms with Crippen molar-refractivity contribution in [2.75, 3.05) is 6.61 Å². The molecule has 5 rings (SSSR count). The van der Waals surface area contributed by atoms with Crippen LogP contribution in [0, 0.1) is 13.8 Å². The normalized spacial score (nSPS) is 10.7. The van der Waals surface area contributed by atoms with Crippen LogP contribution in [0.25, 0.3) is 0 Å². The molecule has 202 valence electrons. The van der Waals surface area contributed by atoms with Gasteiger partial charge in [0.2, 0.25) is 0 Å².